The topological polar surface area (TPSA) is 72.7 Å². The number of fused-ring (bicyclic) bond motifs is 1. The number of esters is 1. The van der Waals surface area contributed by atoms with Crippen molar-refractivity contribution in [3.05, 3.63) is 95.1 Å². The van der Waals surface area contributed by atoms with E-state index in [1.54, 1.807) is 50.4 Å². The number of halogens is 2. The van der Waals surface area contributed by atoms with Gasteiger partial charge in [-0.05, 0) is 43.7 Å². The average Bonchev–Trinajstić information content (AvgIpc) is 3.08. The lowest BCUT2D eigenvalue weighted by molar-refractivity contribution is -0.139. The molecule has 0 bridgehead atoms. The quantitative estimate of drug-likeness (QED) is 0.549. The summed E-state index contributed by atoms with van der Waals surface area (Å²) < 4.78 is 7.23. The third kappa shape index (κ3) is 4.24. The van der Waals surface area contributed by atoms with Gasteiger partial charge in [-0.25, -0.2) is 9.79 Å². The van der Waals surface area contributed by atoms with E-state index in [-0.39, 0.29) is 12.2 Å². The maximum absolute atomic E-state index is 13.4. The number of carbonyl (C=O) groups is 1. The Morgan fingerprint density at radius 2 is 1.94 bits per heavy atom. The largest absolute Gasteiger partial charge is 0.463 e. The minimum absolute atomic E-state index is 0.217. The fraction of sp³-hybridized carbons (Fsp3) is 0.174. The first kappa shape index (κ1) is 22.3. The highest BCUT2D eigenvalue weighted by molar-refractivity contribution is 7.07. The van der Waals surface area contributed by atoms with Crippen molar-refractivity contribution in [2.75, 3.05) is 11.9 Å². The lowest BCUT2D eigenvalue weighted by atomic mass is 9.96. The van der Waals surface area contributed by atoms with E-state index >= 15 is 0 Å². The van der Waals surface area contributed by atoms with Crippen LogP contribution < -0.4 is 20.2 Å². The van der Waals surface area contributed by atoms with Crippen LogP contribution >= 0.6 is 34.5 Å². The van der Waals surface area contributed by atoms with Gasteiger partial charge in [0.15, 0.2) is 4.80 Å². The van der Waals surface area contributed by atoms with Crippen LogP contribution in [0.3, 0.4) is 0 Å². The Kier molecular flexibility index (Phi) is 6.50. The maximum Gasteiger partial charge on any atom is 0.338 e. The van der Waals surface area contributed by atoms with Crippen LogP contribution in [0.5, 0.6) is 0 Å². The highest BCUT2D eigenvalue weighted by Crippen LogP contribution is 2.31. The molecule has 1 aliphatic heterocycles. The molecule has 0 amide bonds. The second-order valence-corrected chi connectivity index (χ2v) is 8.83. The molecular formula is C23H19Cl2N3O3S. The molecule has 32 heavy (non-hydrogen) atoms. The molecule has 164 valence electrons. The Hall–Kier alpha value is -2.87. The summed E-state index contributed by atoms with van der Waals surface area (Å²) in [5, 5.41) is 4.18. The van der Waals surface area contributed by atoms with E-state index in [4.69, 9.17) is 27.9 Å². The standard InChI is InChI=1S/C23H19Cl2N3O3S/c1-3-31-22(30)19-13(2)27-23-28(20(19)14-8-10-15(24)11-9-14)21(29)18(32-23)12-26-17-7-5-4-6-16(17)25/h4-12,20,26H,3H2,1-2H3/b18-12-/t20-/m0/s1. The van der Waals surface area contributed by atoms with Gasteiger partial charge >= 0.3 is 5.97 Å². The van der Waals surface area contributed by atoms with Gasteiger partial charge in [0.05, 0.1) is 34.6 Å². The van der Waals surface area contributed by atoms with E-state index < -0.39 is 12.0 Å². The van der Waals surface area contributed by atoms with Crippen molar-refractivity contribution < 1.29 is 9.53 Å². The van der Waals surface area contributed by atoms with Crippen LogP contribution in [0.25, 0.3) is 6.20 Å². The number of nitrogens with one attached hydrogen (secondary N) is 1. The van der Waals surface area contributed by atoms with E-state index in [1.165, 1.54) is 15.9 Å². The summed E-state index contributed by atoms with van der Waals surface area (Å²) in [7, 11) is 0. The monoisotopic (exact) mass is 487 g/mol. The van der Waals surface area contributed by atoms with Crippen LogP contribution in [0.2, 0.25) is 10.0 Å². The van der Waals surface area contributed by atoms with Crippen molar-refractivity contribution in [1.82, 2.24) is 4.57 Å². The lowest BCUT2D eigenvalue weighted by Crippen LogP contribution is -2.40. The van der Waals surface area contributed by atoms with Crippen LogP contribution in [0.1, 0.15) is 25.5 Å². The molecule has 6 nitrogen and oxygen atoms in total. The minimum Gasteiger partial charge on any atom is -0.463 e. The maximum atomic E-state index is 13.4. The molecule has 0 unspecified atom stereocenters. The molecule has 1 N–H and O–H groups in total. The predicted molar refractivity (Wildman–Crippen MR) is 128 cm³/mol. The number of aromatic nitrogens is 1. The van der Waals surface area contributed by atoms with Crippen molar-refractivity contribution >= 4 is 52.4 Å². The highest BCUT2D eigenvalue weighted by atomic mass is 35.5. The van der Waals surface area contributed by atoms with Crippen molar-refractivity contribution in [2.24, 2.45) is 4.99 Å². The van der Waals surface area contributed by atoms with Gasteiger partial charge in [0.2, 0.25) is 0 Å². The number of benzene rings is 2. The molecule has 0 aliphatic carbocycles. The number of hydrogen-bond acceptors (Lipinski definition) is 6. The Balaban J connectivity index is 1.88. The molecule has 0 saturated heterocycles. The van der Waals surface area contributed by atoms with Crippen LogP contribution in [-0.2, 0) is 9.53 Å². The summed E-state index contributed by atoms with van der Waals surface area (Å²) in [5.41, 5.74) is 1.97. The van der Waals surface area contributed by atoms with Gasteiger partial charge in [-0.15, -0.1) is 0 Å². The number of allylic oxidation sites excluding steroid dienone is 1. The number of rotatable bonds is 5. The molecule has 2 aromatic carbocycles. The zero-order chi connectivity index (χ0) is 22.8. The van der Waals surface area contributed by atoms with Gasteiger partial charge in [0.1, 0.15) is 4.53 Å². The molecule has 0 radical (unpaired) electrons. The summed E-state index contributed by atoms with van der Waals surface area (Å²) in [6.45, 7) is 3.70. The fourth-order valence-corrected chi connectivity index (χ4v) is 4.76. The number of nitrogens with zero attached hydrogens (tertiary/aromatic N) is 2. The van der Waals surface area contributed by atoms with Gasteiger partial charge < -0.3 is 10.1 Å². The van der Waals surface area contributed by atoms with Crippen LogP contribution in [0.4, 0.5) is 5.69 Å². The molecule has 3 aromatic rings. The van der Waals surface area contributed by atoms with Crippen LogP contribution in [0, 0.1) is 0 Å². The minimum atomic E-state index is -0.676. The number of carbonyl (C=O) groups excluding carboxylic acids is 1. The zero-order valence-electron chi connectivity index (χ0n) is 17.3. The van der Waals surface area contributed by atoms with E-state index in [0.717, 1.165) is 5.56 Å². The number of hydrogen-bond donors (Lipinski definition) is 1. The second kappa shape index (κ2) is 9.32. The van der Waals surface area contributed by atoms with Crippen molar-refractivity contribution in [3.8, 4) is 0 Å². The summed E-state index contributed by atoms with van der Waals surface area (Å²) in [6.07, 6.45) is 1.60. The fourth-order valence-electron chi connectivity index (χ4n) is 3.47. The molecule has 0 spiro atoms. The third-order valence-corrected chi connectivity index (χ3v) is 6.50. The van der Waals surface area contributed by atoms with E-state index in [9.17, 15) is 9.59 Å². The molecular weight excluding hydrogens is 469 g/mol. The summed E-state index contributed by atoms with van der Waals surface area (Å²) >= 11 is 13.5. The normalized spacial score (nSPS) is 15.9. The van der Waals surface area contributed by atoms with Gasteiger partial charge in [0.25, 0.3) is 5.56 Å². The Bertz CT molecular complexity index is 1390. The number of ether oxygens (including phenoxy) is 1. The van der Waals surface area contributed by atoms with E-state index in [1.807, 2.05) is 18.2 Å². The lowest BCUT2D eigenvalue weighted by Gasteiger charge is -2.24. The highest BCUT2D eigenvalue weighted by Gasteiger charge is 2.33. The predicted octanol–water partition coefficient (Wildman–Crippen LogP) is 4.13. The third-order valence-electron chi connectivity index (χ3n) is 4.94. The molecule has 1 aromatic heterocycles. The summed E-state index contributed by atoms with van der Waals surface area (Å²) in [4.78, 5) is 31.3. The molecule has 4 rings (SSSR count). The smallest absolute Gasteiger partial charge is 0.338 e. The average molecular weight is 488 g/mol. The van der Waals surface area contributed by atoms with Gasteiger partial charge in [0, 0.05) is 11.2 Å². The SMILES string of the molecule is CCOC(=O)C1=C(C)N=c2s/c(=C\Nc3ccccc3Cl)c(=O)n2[C@H]1c1ccc(Cl)cc1. The molecule has 1 atom stereocenters. The number of thiazole rings is 1. The Labute approximate surface area is 198 Å². The summed E-state index contributed by atoms with van der Waals surface area (Å²) in [5.74, 6) is -0.503. The van der Waals surface area contributed by atoms with Gasteiger partial charge in [-0.2, -0.15) is 0 Å². The van der Waals surface area contributed by atoms with Crippen LogP contribution in [0.15, 0.2) is 69.6 Å². The molecule has 1 aliphatic rings. The molecule has 9 heteroatoms. The Morgan fingerprint density at radius 1 is 1.22 bits per heavy atom. The second-order valence-electron chi connectivity index (χ2n) is 6.98. The first-order chi connectivity index (χ1) is 15.4. The Morgan fingerprint density at radius 3 is 2.62 bits per heavy atom. The molecule has 2 heterocycles. The van der Waals surface area contributed by atoms with E-state index in [2.05, 4.69) is 10.3 Å². The van der Waals surface area contributed by atoms with E-state index in [0.29, 0.717) is 36.3 Å². The number of para-hydroxylation sites is 1. The van der Waals surface area contributed by atoms with Gasteiger partial charge in [-0.1, -0.05) is 58.8 Å². The summed E-state index contributed by atoms with van der Waals surface area (Å²) in [6, 6.07) is 13.6. The van der Waals surface area contributed by atoms with Crippen molar-refractivity contribution in [1.29, 1.82) is 0 Å². The first-order valence-corrected chi connectivity index (χ1v) is 11.4. The van der Waals surface area contributed by atoms with Gasteiger partial charge in [-0.3, -0.25) is 9.36 Å². The molecule has 0 fully saturated rings. The van der Waals surface area contributed by atoms with Crippen molar-refractivity contribution in [2.45, 2.75) is 19.9 Å². The first-order valence-electron chi connectivity index (χ1n) is 9.85. The van der Waals surface area contributed by atoms with Crippen molar-refractivity contribution in [3.63, 3.8) is 0 Å². The zero-order valence-corrected chi connectivity index (χ0v) is 19.6. The molecule has 0 saturated carbocycles. The van der Waals surface area contributed by atoms with Crippen LogP contribution in [-0.4, -0.2) is 17.1 Å². The number of anilines is 1.